The summed E-state index contributed by atoms with van der Waals surface area (Å²) >= 11 is 6.23. The second-order valence-corrected chi connectivity index (χ2v) is 26.2. The highest BCUT2D eigenvalue weighted by molar-refractivity contribution is 7.91. The molecular formula is C58H59ClF4N10O6S2. The lowest BCUT2D eigenvalue weighted by Crippen LogP contribution is -2.36. The SMILES string of the molecule is CC1(C)CNc2cc(N3CCOCC3)cnc21.Cc1c(-c2cncc(S(C)(=O)=O)c2)nc2cc(F)cc(F)c2c1Cl.Cc1c(-c2cncc(S(C)(=O)=O)c2)nc2cc(F)cc(F)c2c1N1CC(C)(C)c2ncc(N3CCOCC3)cc21. The molecule has 6 aromatic heterocycles. The Morgan fingerprint density at radius 1 is 0.593 bits per heavy atom. The molecule has 23 heteroatoms. The molecule has 4 aliphatic rings. The van der Waals surface area contributed by atoms with Crippen molar-refractivity contribution in [3.63, 3.8) is 0 Å². The number of halogens is 5. The van der Waals surface area contributed by atoms with Gasteiger partial charge in [0.2, 0.25) is 0 Å². The summed E-state index contributed by atoms with van der Waals surface area (Å²) in [6, 6.07) is 11.1. The largest absolute Gasteiger partial charge is 0.383 e. The topological polar surface area (TPSA) is 186 Å². The number of nitrogens with one attached hydrogen (secondary N) is 1. The van der Waals surface area contributed by atoms with Crippen molar-refractivity contribution in [3.8, 4) is 22.5 Å². The van der Waals surface area contributed by atoms with Crippen LogP contribution >= 0.6 is 11.6 Å². The lowest BCUT2D eigenvalue weighted by molar-refractivity contribution is 0.122. The van der Waals surface area contributed by atoms with Crippen LogP contribution in [0.3, 0.4) is 0 Å². The van der Waals surface area contributed by atoms with E-state index in [2.05, 4.69) is 79.9 Å². The Balaban J connectivity index is 0.000000151. The van der Waals surface area contributed by atoms with E-state index >= 15 is 4.39 Å². The number of fused-ring (bicyclic) bond motifs is 4. The minimum atomic E-state index is -3.54. The van der Waals surface area contributed by atoms with Gasteiger partial charge in [0.05, 0.1) is 127 Å². The van der Waals surface area contributed by atoms with Gasteiger partial charge in [0, 0.05) is 123 Å². The quantitative estimate of drug-likeness (QED) is 0.148. The molecule has 424 valence electrons. The highest BCUT2D eigenvalue weighted by Gasteiger charge is 2.40. The van der Waals surface area contributed by atoms with Gasteiger partial charge in [0.1, 0.15) is 23.3 Å². The van der Waals surface area contributed by atoms with Crippen LogP contribution in [-0.4, -0.2) is 125 Å². The molecule has 81 heavy (non-hydrogen) atoms. The molecule has 0 atom stereocenters. The molecule has 0 bridgehead atoms. The summed E-state index contributed by atoms with van der Waals surface area (Å²) < 4.78 is 116. The molecule has 1 N–H and O–H groups in total. The third-order valence-electron chi connectivity index (χ3n) is 14.8. The van der Waals surface area contributed by atoms with Gasteiger partial charge >= 0.3 is 0 Å². The number of anilines is 5. The molecule has 0 aliphatic carbocycles. The summed E-state index contributed by atoms with van der Waals surface area (Å²) in [7, 11) is -7.00. The Morgan fingerprint density at radius 2 is 1.07 bits per heavy atom. The first-order valence-corrected chi connectivity index (χ1v) is 30.2. The van der Waals surface area contributed by atoms with E-state index < -0.39 is 42.9 Å². The van der Waals surface area contributed by atoms with Crippen molar-refractivity contribution in [2.45, 2.75) is 62.2 Å². The van der Waals surface area contributed by atoms with Gasteiger partial charge in [-0.1, -0.05) is 39.3 Å². The highest BCUT2D eigenvalue weighted by atomic mass is 35.5. The lowest BCUT2D eigenvalue weighted by Gasteiger charge is -2.30. The van der Waals surface area contributed by atoms with Gasteiger partial charge in [-0.2, -0.15) is 0 Å². The van der Waals surface area contributed by atoms with E-state index in [4.69, 9.17) is 26.1 Å². The molecule has 0 saturated carbocycles. The molecule has 0 radical (unpaired) electrons. The van der Waals surface area contributed by atoms with Crippen LogP contribution in [0.2, 0.25) is 5.02 Å². The fraction of sp³-hybridized carbons (Fsp3) is 0.345. The highest BCUT2D eigenvalue weighted by Crippen LogP contribution is 2.49. The van der Waals surface area contributed by atoms with Crippen molar-refractivity contribution in [2.24, 2.45) is 0 Å². The number of morpholine rings is 2. The van der Waals surface area contributed by atoms with Gasteiger partial charge < -0.3 is 29.5 Å². The fourth-order valence-electron chi connectivity index (χ4n) is 10.6. The molecule has 4 aliphatic heterocycles. The summed E-state index contributed by atoms with van der Waals surface area (Å²) in [6.45, 7) is 19.8. The Kier molecular flexibility index (Phi) is 15.5. The molecule has 8 aromatic rings. The summed E-state index contributed by atoms with van der Waals surface area (Å²) in [5.41, 5.74) is 9.34. The van der Waals surface area contributed by atoms with E-state index in [1.807, 2.05) is 24.2 Å². The standard InChI is InChI=1S/C29H29F2N5O3S.C16H11ClF2N2O2S.C13H19N3O/c1-17-26(18-9-21(15-32-13-18)40(4,37)38)34-23-11-19(30)10-22(31)25(23)27(17)36-16-29(2,3)28-24(36)12-20(14-33-28)35-5-7-39-8-6-35;1-8-15(17)14-12(19)4-10(18)5-13(14)21-16(8)9-3-11(7-20-6-9)24(2,22)23;1-13(2)9-15-11-7-10(8-14-12(11)13)16-3-5-17-6-4-16/h9-15H,5-8,16H2,1-4H3;3-7H,1-2H3;7-8,15H,3-6,9H2,1-2H3. The number of hydrogen-bond donors (Lipinski definition) is 1. The van der Waals surface area contributed by atoms with Crippen LogP contribution in [0.5, 0.6) is 0 Å². The van der Waals surface area contributed by atoms with E-state index in [1.54, 1.807) is 6.92 Å². The first-order chi connectivity index (χ1) is 38.3. The van der Waals surface area contributed by atoms with Crippen molar-refractivity contribution in [1.82, 2.24) is 29.9 Å². The third kappa shape index (κ3) is 11.6. The molecule has 16 nitrogen and oxygen atoms in total. The maximum atomic E-state index is 15.6. The summed E-state index contributed by atoms with van der Waals surface area (Å²) in [5.74, 6) is -3.06. The second-order valence-electron chi connectivity index (χ2n) is 21.8. The van der Waals surface area contributed by atoms with Crippen molar-refractivity contribution in [2.75, 3.05) is 98.2 Å². The van der Waals surface area contributed by atoms with E-state index in [0.717, 1.165) is 93.7 Å². The summed E-state index contributed by atoms with van der Waals surface area (Å²) in [4.78, 5) is 33.0. The summed E-state index contributed by atoms with van der Waals surface area (Å²) in [6.07, 6.45) is 11.5. The number of nitrogens with zero attached hydrogens (tertiary/aromatic N) is 9. The van der Waals surface area contributed by atoms with Crippen LogP contribution < -0.4 is 20.0 Å². The Labute approximate surface area is 472 Å². The number of benzene rings is 2. The first kappa shape index (κ1) is 57.1. The van der Waals surface area contributed by atoms with Crippen LogP contribution in [0.15, 0.2) is 95.5 Å². The van der Waals surface area contributed by atoms with Crippen molar-refractivity contribution < 1.29 is 43.9 Å². The van der Waals surface area contributed by atoms with Gasteiger partial charge in [0.15, 0.2) is 19.7 Å². The molecule has 12 rings (SSSR count). The Morgan fingerprint density at radius 3 is 1.60 bits per heavy atom. The van der Waals surface area contributed by atoms with Crippen LogP contribution in [-0.2, 0) is 40.0 Å². The van der Waals surface area contributed by atoms with Crippen molar-refractivity contribution in [3.05, 3.63) is 137 Å². The van der Waals surface area contributed by atoms with Crippen molar-refractivity contribution in [1.29, 1.82) is 0 Å². The second kappa shape index (κ2) is 22.0. The fourth-order valence-corrected chi connectivity index (χ4v) is 12.1. The zero-order valence-corrected chi connectivity index (χ0v) is 48.2. The minimum absolute atomic E-state index is 0.0165. The van der Waals surface area contributed by atoms with Gasteiger partial charge in [0.25, 0.3) is 0 Å². The average molecular weight is 1170 g/mol. The zero-order chi connectivity index (χ0) is 57.9. The van der Waals surface area contributed by atoms with Crippen LogP contribution in [0.25, 0.3) is 44.3 Å². The zero-order valence-electron chi connectivity index (χ0n) is 45.8. The van der Waals surface area contributed by atoms with E-state index in [1.165, 1.54) is 60.1 Å². The molecule has 2 fully saturated rings. The number of hydrogen-bond acceptors (Lipinski definition) is 16. The maximum Gasteiger partial charge on any atom is 0.177 e. The van der Waals surface area contributed by atoms with Crippen LogP contribution in [0, 0.1) is 37.1 Å². The van der Waals surface area contributed by atoms with E-state index in [9.17, 15) is 30.0 Å². The van der Waals surface area contributed by atoms with Gasteiger partial charge in [-0.05, 0) is 49.2 Å². The van der Waals surface area contributed by atoms with Gasteiger partial charge in [-0.15, -0.1) is 0 Å². The van der Waals surface area contributed by atoms with Crippen molar-refractivity contribution >= 4 is 81.5 Å². The normalized spacial score (nSPS) is 16.5. The number of ether oxygens (including phenoxy) is 2. The maximum absolute atomic E-state index is 15.6. The van der Waals surface area contributed by atoms with Gasteiger partial charge in [-0.25, -0.2) is 44.4 Å². The number of pyridine rings is 6. The lowest BCUT2D eigenvalue weighted by atomic mass is 9.91. The Hall–Kier alpha value is -7.11. The van der Waals surface area contributed by atoms with Gasteiger partial charge in [-0.3, -0.25) is 19.9 Å². The molecule has 10 heterocycles. The molecule has 0 amide bonds. The third-order valence-corrected chi connectivity index (χ3v) is 17.4. The number of sulfone groups is 2. The predicted octanol–water partition coefficient (Wildman–Crippen LogP) is 10.5. The number of aromatic nitrogens is 6. The van der Waals surface area contributed by atoms with E-state index in [-0.39, 0.29) is 47.4 Å². The number of rotatable bonds is 7. The average Bonchev–Trinajstić information content (AvgIpc) is 3.04. The smallest absolute Gasteiger partial charge is 0.177 e. The predicted molar refractivity (Wildman–Crippen MR) is 307 cm³/mol. The van der Waals surface area contributed by atoms with Crippen LogP contribution in [0.1, 0.15) is 50.2 Å². The minimum Gasteiger partial charge on any atom is -0.383 e. The molecule has 0 spiro atoms. The Bertz CT molecular complexity index is 4030. The molecule has 0 unspecified atom stereocenters. The van der Waals surface area contributed by atoms with Crippen LogP contribution in [0.4, 0.5) is 46.0 Å². The van der Waals surface area contributed by atoms with E-state index in [0.29, 0.717) is 59.1 Å². The summed E-state index contributed by atoms with van der Waals surface area (Å²) in [5, 5.41) is 3.75. The monoisotopic (exact) mass is 1170 g/mol. The molecular weight excluding hydrogens is 1110 g/mol. The molecule has 2 aromatic carbocycles. The molecule has 2 saturated heterocycles. The first-order valence-electron chi connectivity index (χ1n) is 26.0.